The van der Waals surface area contributed by atoms with Gasteiger partial charge in [-0.2, -0.15) is 13.0 Å². The maximum atomic E-state index is 13.1. The minimum atomic E-state index is -4.65. The Morgan fingerprint density at radius 1 is 0.575 bits per heavy atom. The van der Waals surface area contributed by atoms with Crippen LogP contribution >= 0.6 is 0 Å². The summed E-state index contributed by atoms with van der Waals surface area (Å²) < 4.78 is 57.3. The summed E-state index contributed by atoms with van der Waals surface area (Å²) in [7, 11) is -4.65. The molecular weight excluding hydrogens is 1030 g/mol. The summed E-state index contributed by atoms with van der Waals surface area (Å²) in [6, 6.07) is 44.2. The van der Waals surface area contributed by atoms with E-state index in [4.69, 9.17) is 13.9 Å². The van der Waals surface area contributed by atoms with Crippen LogP contribution < -0.4 is 25.5 Å². The number of carbonyl (C=O) groups is 4. The predicted molar refractivity (Wildman–Crippen MR) is 316 cm³/mol. The van der Waals surface area contributed by atoms with Gasteiger partial charge in [0.25, 0.3) is 10.1 Å². The van der Waals surface area contributed by atoms with Crippen molar-refractivity contribution in [3.05, 3.63) is 184 Å². The Labute approximate surface area is 468 Å². The molecule has 14 nitrogen and oxygen atoms in total. The number of unbranched alkanes of at least 4 members (excludes halogenated alkanes) is 6. The number of esters is 2. The van der Waals surface area contributed by atoms with Gasteiger partial charge in [-0.1, -0.05) is 61.0 Å². The van der Waals surface area contributed by atoms with Crippen LogP contribution in [0, 0.1) is 27.7 Å². The minimum absolute atomic E-state index is 0.189. The van der Waals surface area contributed by atoms with Crippen molar-refractivity contribution in [1.82, 2.24) is 4.58 Å². The van der Waals surface area contributed by atoms with Gasteiger partial charge in [0.05, 0.1) is 30.4 Å². The highest BCUT2D eigenvalue weighted by Gasteiger charge is 2.26. The molecule has 3 N–H and O–H groups in total. The Morgan fingerprint density at radius 2 is 1.11 bits per heavy atom. The zero-order chi connectivity index (χ0) is 56.9. The van der Waals surface area contributed by atoms with Gasteiger partial charge in [0.15, 0.2) is 0 Å². The number of aryl methyl sites for hydroxylation is 4. The molecule has 6 aromatic carbocycles. The summed E-state index contributed by atoms with van der Waals surface area (Å²) in [6.45, 7) is 13.1. The molecule has 0 spiro atoms. The van der Waals surface area contributed by atoms with Crippen molar-refractivity contribution in [3.8, 4) is 22.5 Å². The lowest BCUT2D eigenvalue weighted by Gasteiger charge is -2.29. The Morgan fingerprint density at radius 3 is 1.68 bits per heavy atom. The molecule has 15 heteroatoms. The summed E-state index contributed by atoms with van der Waals surface area (Å²) in [4.78, 5) is 50.4. The first kappa shape index (κ1) is 57.8. The zero-order valence-corrected chi connectivity index (χ0v) is 47.1. The average molecular weight is 1100 g/mol. The molecule has 1 aliphatic heterocycles. The van der Waals surface area contributed by atoms with E-state index in [0.29, 0.717) is 81.9 Å². The highest BCUT2D eigenvalue weighted by Crippen LogP contribution is 2.44. The van der Waals surface area contributed by atoms with Crippen LogP contribution in [0.4, 0.5) is 28.4 Å². The molecule has 0 bridgehead atoms. The van der Waals surface area contributed by atoms with E-state index in [1.165, 1.54) is 19.9 Å². The van der Waals surface area contributed by atoms with E-state index < -0.39 is 22.1 Å². The smallest absolute Gasteiger partial charge is 0.338 e. The van der Waals surface area contributed by atoms with Crippen molar-refractivity contribution in [2.24, 2.45) is 0 Å². The normalized spacial score (nSPS) is 11.8. The third-order valence-electron chi connectivity index (χ3n) is 14.1. The van der Waals surface area contributed by atoms with Crippen LogP contribution in [0.2, 0.25) is 0 Å². The SMILES string of the molecule is CC(=O)Nc1ccc(C(=O)OCCCCCCN(c2ccc3c(-c4ccccc4S(=O)(=O)O)c4ccc(=[N+](CCCCCCOC(=O)c5ccc(NC(C)=O)cc5)c5c(C)cccc5C)cc-4oc3c2)c2c(C)cccc2C)cc1. The third kappa shape index (κ3) is 14.4. The van der Waals surface area contributed by atoms with Crippen LogP contribution in [0.25, 0.3) is 33.4 Å². The number of nitrogens with one attached hydrogen (secondary N) is 2. The molecule has 6 aromatic rings. The highest BCUT2D eigenvalue weighted by atomic mass is 32.2. The van der Waals surface area contributed by atoms with E-state index >= 15 is 0 Å². The number of fused-ring (bicyclic) bond motifs is 2. The minimum Gasteiger partial charge on any atom is -0.462 e. The number of hydrogen-bond donors (Lipinski definition) is 3. The lowest BCUT2D eigenvalue weighted by Crippen LogP contribution is -2.28. The molecule has 8 rings (SSSR count). The number of hydrogen-bond acceptors (Lipinski definition) is 10. The highest BCUT2D eigenvalue weighted by molar-refractivity contribution is 7.86. The third-order valence-corrected chi connectivity index (χ3v) is 15.0. The summed E-state index contributed by atoms with van der Waals surface area (Å²) >= 11 is 0. The van der Waals surface area contributed by atoms with E-state index in [0.717, 1.165) is 83.2 Å². The number of carbonyl (C=O) groups excluding carboxylic acids is 4. The van der Waals surface area contributed by atoms with Crippen LogP contribution in [-0.4, -0.2) is 63.0 Å². The molecule has 1 heterocycles. The van der Waals surface area contributed by atoms with Gasteiger partial charge >= 0.3 is 11.9 Å². The summed E-state index contributed by atoms with van der Waals surface area (Å²) in [5.41, 5.74) is 11.6. The maximum Gasteiger partial charge on any atom is 0.338 e. The van der Waals surface area contributed by atoms with Gasteiger partial charge in [0.2, 0.25) is 22.9 Å². The second-order valence-electron chi connectivity index (χ2n) is 20.2. The van der Waals surface area contributed by atoms with Gasteiger partial charge in [-0.15, -0.1) is 0 Å². The number of anilines is 4. The van der Waals surface area contributed by atoms with E-state index in [1.807, 2.05) is 48.5 Å². The summed E-state index contributed by atoms with van der Waals surface area (Å²) in [5, 5.41) is 6.94. The fraction of sp³-hybridized carbons (Fsp3) is 0.277. The summed E-state index contributed by atoms with van der Waals surface area (Å²) in [5.74, 6) is -0.683. The molecule has 0 radical (unpaired) electrons. The van der Waals surface area contributed by atoms with Crippen LogP contribution in [0.3, 0.4) is 0 Å². The van der Waals surface area contributed by atoms with Crippen molar-refractivity contribution >= 4 is 73.3 Å². The summed E-state index contributed by atoms with van der Waals surface area (Å²) in [6.07, 6.45) is 6.46. The fourth-order valence-electron chi connectivity index (χ4n) is 10.3. The van der Waals surface area contributed by atoms with Gasteiger partial charge in [0.1, 0.15) is 22.8 Å². The topological polar surface area (TPSA) is 185 Å². The van der Waals surface area contributed by atoms with Gasteiger partial charge in [-0.05, 0) is 150 Å². The monoisotopic (exact) mass is 1100 g/mol. The molecule has 2 aliphatic rings. The largest absolute Gasteiger partial charge is 0.462 e. The molecule has 414 valence electrons. The Kier molecular flexibility index (Phi) is 19.1. The average Bonchev–Trinajstić information content (AvgIpc) is 3.47. The first-order valence-electron chi connectivity index (χ1n) is 27.1. The van der Waals surface area contributed by atoms with E-state index in [2.05, 4.69) is 72.1 Å². The fourth-order valence-corrected chi connectivity index (χ4v) is 11.0. The Hall–Kier alpha value is -8.40. The molecule has 0 saturated heterocycles. The zero-order valence-electron chi connectivity index (χ0n) is 46.3. The van der Waals surface area contributed by atoms with Crippen LogP contribution in [0.5, 0.6) is 0 Å². The van der Waals surface area contributed by atoms with Gasteiger partial charge in [0, 0.05) is 94.9 Å². The Bertz CT molecular complexity index is 3660. The number of benzene rings is 7. The number of ether oxygens (including phenoxy) is 2. The number of rotatable bonds is 23. The maximum absolute atomic E-state index is 13.1. The number of para-hydroxylation sites is 2. The van der Waals surface area contributed by atoms with Crippen LogP contribution in [0.1, 0.15) is 108 Å². The van der Waals surface area contributed by atoms with Crippen LogP contribution in [0.15, 0.2) is 155 Å². The molecule has 2 amide bonds. The second-order valence-corrected chi connectivity index (χ2v) is 21.6. The lowest BCUT2D eigenvalue weighted by atomic mass is 9.93. The van der Waals surface area contributed by atoms with Gasteiger partial charge < -0.3 is 29.4 Å². The van der Waals surface area contributed by atoms with Crippen molar-refractivity contribution in [3.63, 3.8) is 0 Å². The predicted octanol–water partition coefficient (Wildman–Crippen LogP) is 13.7. The molecule has 0 saturated carbocycles. The standard InChI is InChI=1S/C65H68N4O10S/c1-43-19-17-20-44(2)62(43)68(37-13-7-9-15-39-77-64(72)49-25-29-51(30-26-49)66-47(5)70)53-33-35-55-58(41-53)79-59-42-54(34-36-56(59)61(55)57-23-11-12-24-60(57)80(74,75)76)69(63-45(3)21-18-22-46(63)4)38-14-8-10-16-40-78-65(73)50-27-31-52(32-28-50)67-48(6)71/h11-12,17-36,41-42H,7-10,13-16,37-40H2,1-6H3,(H2-,66,67,70,71,72,73,74,75,76)/p+1. The first-order chi connectivity index (χ1) is 38.5. The van der Waals surface area contributed by atoms with E-state index in [1.54, 1.807) is 66.7 Å². The number of nitrogens with zero attached hydrogens (tertiary/aromatic N) is 2. The van der Waals surface area contributed by atoms with E-state index in [-0.39, 0.29) is 29.9 Å². The Balaban J connectivity index is 1.08. The molecule has 0 atom stereocenters. The van der Waals surface area contributed by atoms with Crippen molar-refractivity contribution in [1.29, 1.82) is 0 Å². The molecular formula is C65H69N4O10S+. The van der Waals surface area contributed by atoms with Crippen molar-refractivity contribution < 1.29 is 46.0 Å². The van der Waals surface area contributed by atoms with E-state index in [9.17, 15) is 32.1 Å². The molecule has 0 fully saturated rings. The molecule has 0 aromatic heterocycles. The van der Waals surface area contributed by atoms with Crippen LogP contribution in [-0.2, 0) is 29.2 Å². The first-order valence-corrected chi connectivity index (χ1v) is 28.6. The van der Waals surface area contributed by atoms with Crippen molar-refractivity contribution in [2.45, 2.75) is 97.8 Å². The number of amides is 2. The molecule has 80 heavy (non-hydrogen) atoms. The second kappa shape index (κ2) is 26.5. The molecule has 1 aliphatic carbocycles. The quantitative estimate of drug-likeness (QED) is 0.0182. The van der Waals surface area contributed by atoms with Gasteiger partial charge in [-0.25, -0.2) is 9.59 Å². The lowest BCUT2D eigenvalue weighted by molar-refractivity contribution is -0.115. The van der Waals surface area contributed by atoms with Crippen molar-refractivity contribution in [2.75, 3.05) is 41.8 Å². The molecule has 0 unspecified atom stereocenters. The van der Waals surface area contributed by atoms with Gasteiger partial charge in [-0.3, -0.25) is 14.1 Å².